The first kappa shape index (κ1) is 19.5. The first-order valence-corrected chi connectivity index (χ1v) is 9.67. The van der Waals surface area contributed by atoms with E-state index < -0.39 is 6.23 Å². The Morgan fingerprint density at radius 2 is 1.93 bits per heavy atom. The Kier molecular flexibility index (Phi) is 6.60. The van der Waals surface area contributed by atoms with Gasteiger partial charge in [0.1, 0.15) is 0 Å². The lowest BCUT2D eigenvalue weighted by atomic mass is 10.1. The van der Waals surface area contributed by atoms with E-state index in [2.05, 4.69) is 15.3 Å². The van der Waals surface area contributed by atoms with Crippen molar-refractivity contribution in [3.05, 3.63) is 60.2 Å². The molecule has 1 amide bonds. The Balaban J connectivity index is 1.62. The smallest absolute Gasteiger partial charge is 0.308 e. The third-order valence-corrected chi connectivity index (χ3v) is 5.58. The van der Waals surface area contributed by atoms with Gasteiger partial charge in [0.05, 0.1) is 19.5 Å². The number of nitrogens with one attached hydrogen (secondary N) is 1. The van der Waals surface area contributed by atoms with Gasteiger partial charge in [-0.2, -0.15) is 0 Å². The predicted octanol–water partition coefficient (Wildman–Crippen LogP) is 1.63. The molecule has 6 nitrogen and oxygen atoms in total. The summed E-state index contributed by atoms with van der Waals surface area (Å²) in [5.74, 6) is -0.370. The van der Waals surface area contributed by atoms with E-state index in [1.54, 1.807) is 18.6 Å². The van der Waals surface area contributed by atoms with Crippen molar-refractivity contribution in [2.45, 2.75) is 31.9 Å². The number of rotatable bonds is 7. The number of thiocarbonyl (C=S) groups is 1. The molecule has 3 rings (SSSR count). The maximum Gasteiger partial charge on any atom is 0.308 e. The fraction of sp³-hybridized carbons (Fsp3) is 0.400. The zero-order valence-corrected chi connectivity index (χ0v) is 16.1. The van der Waals surface area contributed by atoms with Gasteiger partial charge in [-0.15, -0.1) is 0 Å². The van der Waals surface area contributed by atoms with E-state index in [9.17, 15) is 9.90 Å². The summed E-state index contributed by atoms with van der Waals surface area (Å²) in [7, 11) is 0. The van der Waals surface area contributed by atoms with Crippen LogP contribution in [-0.2, 0) is 17.6 Å². The van der Waals surface area contributed by atoms with E-state index in [0.717, 1.165) is 24.1 Å². The van der Waals surface area contributed by atoms with Gasteiger partial charge in [-0.05, 0) is 42.0 Å². The SMILES string of the molecule is O=C(NCCc1ccccn1)C(O)[N+]1(C(=S)Cc2ccncc2)CCCC1. The molecule has 27 heavy (non-hydrogen) atoms. The van der Waals surface area contributed by atoms with Gasteiger partial charge in [-0.1, -0.05) is 6.07 Å². The molecule has 7 heteroatoms. The van der Waals surface area contributed by atoms with Gasteiger partial charge in [0.15, 0.2) is 4.99 Å². The van der Waals surface area contributed by atoms with E-state index in [-0.39, 0.29) is 10.4 Å². The number of amides is 1. The molecule has 0 spiro atoms. The van der Waals surface area contributed by atoms with E-state index in [1.807, 2.05) is 30.3 Å². The summed E-state index contributed by atoms with van der Waals surface area (Å²) < 4.78 is 0.174. The number of hydrogen-bond donors (Lipinski definition) is 2. The van der Waals surface area contributed by atoms with Crippen molar-refractivity contribution in [1.29, 1.82) is 0 Å². The first-order valence-electron chi connectivity index (χ1n) is 9.26. The Labute approximate surface area is 164 Å². The molecule has 142 valence electrons. The molecule has 3 heterocycles. The highest BCUT2D eigenvalue weighted by atomic mass is 32.1. The topological polar surface area (TPSA) is 75.1 Å². The number of aliphatic hydroxyl groups is 1. The minimum absolute atomic E-state index is 0.174. The lowest BCUT2D eigenvalue weighted by Gasteiger charge is -2.37. The van der Waals surface area contributed by atoms with Gasteiger partial charge in [-0.25, -0.2) is 0 Å². The Morgan fingerprint density at radius 1 is 1.19 bits per heavy atom. The molecule has 1 aliphatic heterocycles. The fourth-order valence-electron chi connectivity index (χ4n) is 3.54. The van der Waals surface area contributed by atoms with Gasteiger partial charge < -0.3 is 10.4 Å². The van der Waals surface area contributed by atoms with Crippen LogP contribution in [-0.4, -0.2) is 56.3 Å². The number of likely N-dealkylation sites (tertiary alicyclic amines) is 1. The normalized spacial score (nSPS) is 16.6. The molecule has 1 atom stereocenters. The van der Waals surface area contributed by atoms with Gasteiger partial charge >= 0.3 is 5.91 Å². The number of aromatic nitrogens is 2. The minimum Gasteiger partial charge on any atom is -0.348 e. The van der Waals surface area contributed by atoms with Crippen LogP contribution in [0.5, 0.6) is 0 Å². The first-order chi connectivity index (χ1) is 13.1. The summed E-state index contributed by atoms with van der Waals surface area (Å²) in [5, 5.41) is 13.7. The van der Waals surface area contributed by atoms with Crippen molar-refractivity contribution in [2.24, 2.45) is 0 Å². The maximum absolute atomic E-state index is 12.6. The third kappa shape index (κ3) is 4.74. The van der Waals surface area contributed by atoms with E-state index >= 15 is 0 Å². The molecular formula is C20H25N4O2S+. The summed E-state index contributed by atoms with van der Waals surface area (Å²) in [6, 6.07) is 9.52. The molecule has 0 saturated carbocycles. The monoisotopic (exact) mass is 385 g/mol. The molecule has 0 radical (unpaired) electrons. The maximum atomic E-state index is 12.6. The quantitative estimate of drug-likeness (QED) is 0.560. The van der Waals surface area contributed by atoms with Crippen LogP contribution in [0.1, 0.15) is 24.1 Å². The molecule has 2 N–H and O–H groups in total. The summed E-state index contributed by atoms with van der Waals surface area (Å²) >= 11 is 5.69. The standard InChI is InChI=1S/C20H24N4O2S/c25-19(23-12-8-17-5-1-2-9-22-17)20(26)24(13-3-4-14-24)18(27)15-16-6-10-21-11-7-16/h1-2,5-7,9-11,20,26H,3-4,8,12-15H2/p+1. The van der Waals surface area contributed by atoms with Gasteiger partial charge in [-0.3, -0.25) is 19.2 Å². The van der Waals surface area contributed by atoms with E-state index in [1.165, 1.54) is 0 Å². The van der Waals surface area contributed by atoms with Crippen LogP contribution in [0.4, 0.5) is 0 Å². The number of carbonyl (C=O) groups is 1. The van der Waals surface area contributed by atoms with Crippen molar-refractivity contribution in [3.63, 3.8) is 0 Å². The zero-order chi connectivity index (χ0) is 19.1. The largest absolute Gasteiger partial charge is 0.348 e. The molecular weight excluding hydrogens is 360 g/mol. The number of carbonyl (C=O) groups excluding carboxylic acids is 1. The van der Waals surface area contributed by atoms with Gasteiger partial charge in [0, 0.05) is 50.1 Å². The lowest BCUT2D eigenvalue weighted by Crippen LogP contribution is -2.62. The second-order valence-corrected chi connectivity index (χ2v) is 7.32. The van der Waals surface area contributed by atoms with Crippen LogP contribution in [0.2, 0.25) is 0 Å². The van der Waals surface area contributed by atoms with Crippen molar-refractivity contribution < 1.29 is 14.4 Å². The van der Waals surface area contributed by atoms with Crippen molar-refractivity contribution in [2.75, 3.05) is 19.6 Å². The summed E-state index contributed by atoms with van der Waals surface area (Å²) in [4.78, 5) is 21.6. The Bertz CT molecular complexity index is 764. The zero-order valence-electron chi connectivity index (χ0n) is 15.3. The van der Waals surface area contributed by atoms with Crippen LogP contribution >= 0.6 is 12.2 Å². The predicted molar refractivity (Wildman–Crippen MR) is 107 cm³/mol. The third-order valence-electron chi connectivity index (χ3n) is 5.07. The number of hydrogen-bond acceptors (Lipinski definition) is 5. The van der Waals surface area contributed by atoms with Crippen LogP contribution in [0.15, 0.2) is 48.9 Å². The Hall–Kier alpha value is -2.22. The number of nitrogens with zero attached hydrogens (tertiary/aromatic N) is 3. The van der Waals surface area contributed by atoms with E-state index in [0.29, 0.717) is 37.5 Å². The Morgan fingerprint density at radius 3 is 2.59 bits per heavy atom. The molecule has 2 aromatic heterocycles. The molecule has 1 unspecified atom stereocenters. The second kappa shape index (κ2) is 9.12. The summed E-state index contributed by atoms with van der Waals surface area (Å²) in [5.41, 5.74) is 1.95. The molecule has 0 aliphatic carbocycles. The van der Waals surface area contributed by atoms with Gasteiger partial charge in [0.25, 0.3) is 6.23 Å². The highest BCUT2D eigenvalue weighted by Crippen LogP contribution is 2.26. The average Bonchev–Trinajstić information content (AvgIpc) is 3.20. The fourth-order valence-corrected chi connectivity index (χ4v) is 3.99. The van der Waals surface area contributed by atoms with Gasteiger partial charge in [0.2, 0.25) is 0 Å². The molecule has 1 fully saturated rings. The molecule has 1 aliphatic rings. The van der Waals surface area contributed by atoms with Crippen molar-refractivity contribution >= 4 is 23.1 Å². The lowest BCUT2D eigenvalue weighted by molar-refractivity contribution is -0.867. The van der Waals surface area contributed by atoms with Crippen LogP contribution in [0.25, 0.3) is 0 Å². The number of pyridine rings is 2. The summed E-state index contributed by atoms with van der Waals surface area (Å²) in [6.45, 7) is 1.82. The van der Waals surface area contributed by atoms with Crippen LogP contribution in [0.3, 0.4) is 0 Å². The number of aliphatic hydroxyl groups excluding tert-OH is 1. The molecule has 2 aromatic rings. The molecule has 0 bridgehead atoms. The molecule has 1 saturated heterocycles. The van der Waals surface area contributed by atoms with Crippen LogP contribution in [0, 0.1) is 0 Å². The van der Waals surface area contributed by atoms with E-state index in [4.69, 9.17) is 12.2 Å². The average molecular weight is 386 g/mol. The highest BCUT2D eigenvalue weighted by molar-refractivity contribution is 7.80. The van der Waals surface area contributed by atoms with Crippen molar-refractivity contribution in [3.8, 4) is 0 Å². The molecule has 0 aromatic carbocycles. The summed E-state index contributed by atoms with van der Waals surface area (Å²) in [6.07, 6.45) is 7.10. The van der Waals surface area contributed by atoms with Crippen molar-refractivity contribution in [1.82, 2.24) is 15.3 Å². The minimum atomic E-state index is -1.18. The highest BCUT2D eigenvalue weighted by Gasteiger charge is 2.46. The van der Waals surface area contributed by atoms with Crippen LogP contribution < -0.4 is 5.32 Å². The second-order valence-electron chi connectivity index (χ2n) is 6.85. The number of quaternary nitrogens is 1.